The van der Waals surface area contributed by atoms with E-state index in [4.69, 9.17) is 0 Å². The van der Waals surface area contributed by atoms with E-state index in [0.29, 0.717) is 31.7 Å². The molecule has 0 aromatic heterocycles. The Bertz CT molecular complexity index is 452. The van der Waals surface area contributed by atoms with Crippen LogP contribution in [0.5, 0.6) is 0 Å². The van der Waals surface area contributed by atoms with Crippen LogP contribution in [-0.2, 0) is 4.79 Å². The smallest absolute Gasteiger partial charge is 0.135 e. The average molecular weight is 228 g/mol. The molecule has 1 heterocycles. The van der Waals surface area contributed by atoms with Crippen LogP contribution in [0.25, 0.3) is 0 Å². The quantitative estimate of drug-likeness (QED) is 0.779. The summed E-state index contributed by atoms with van der Waals surface area (Å²) < 4.78 is 0. The molecule has 1 aromatic carbocycles. The number of Topliss-reactive ketones (excluding diaryl/α,β-unsaturated/α-hetero) is 1. The SMILES string of the molecule is Cc1ccccc1C(C#N)N1CCC(=O)CC1. The molecular formula is C14H16N2O. The first-order valence-corrected chi connectivity index (χ1v) is 5.93. The van der Waals surface area contributed by atoms with Crippen molar-refractivity contribution in [3.8, 4) is 6.07 Å². The number of hydrogen-bond acceptors (Lipinski definition) is 3. The number of nitrogens with zero attached hydrogens (tertiary/aromatic N) is 2. The standard InChI is InChI=1S/C14H16N2O/c1-11-4-2-3-5-13(11)14(10-15)16-8-6-12(17)7-9-16/h2-5,14H,6-9H2,1H3. The van der Waals surface area contributed by atoms with Gasteiger partial charge in [0, 0.05) is 25.9 Å². The number of likely N-dealkylation sites (tertiary alicyclic amines) is 1. The minimum absolute atomic E-state index is 0.218. The Balaban J connectivity index is 2.20. The van der Waals surface area contributed by atoms with Crippen LogP contribution in [0.1, 0.15) is 30.0 Å². The second-order valence-electron chi connectivity index (χ2n) is 4.46. The van der Waals surface area contributed by atoms with Gasteiger partial charge in [0.25, 0.3) is 0 Å². The van der Waals surface area contributed by atoms with E-state index in [1.165, 1.54) is 0 Å². The molecule has 1 unspecified atom stereocenters. The van der Waals surface area contributed by atoms with Crippen LogP contribution < -0.4 is 0 Å². The number of benzene rings is 1. The fourth-order valence-corrected chi connectivity index (χ4v) is 2.27. The number of rotatable bonds is 2. The molecule has 17 heavy (non-hydrogen) atoms. The summed E-state index contributed by atoms with van der Waals surface area (Å²) in [6.45, 7) is 3.42. The predicted molar refractivity (Wildman–Crippen MR) is 65.3 cm³/mol. The third-order valence-electron chi connectivity index (χ3n) is 3.33. The van der Waals surface area contributed by atoms with Crippen molar-refractivity contribution in [3.63, 3.8) is 0 Å². The zero-order valence-electron chi connectivity index (χ0n) is 10.0. The van der Waals surface area contributed by atoms with Gasteiger partial charge in [0.1, 0.15) is 11.8 Å². The Morgan fingerprint density at radius 2 is 1.94 bits per heavy atom. The number of hydrogen-bond donors (Lipinski definition) is 0. The molecule has 2 rings (SSSR count). The van der Waals surface area contributed by atoms with Crippen molar-refractivity contribution < 1.29 is 4.79 Å². The summed E-state index contributed by atoms with van der Waals surface area (Å²) in [5.41, 5.74) is 2.19. The van der Waals surface area contributed by atoms with Crippen molar-refractivity contribution in [2.45, 2.75) is 25.8 Å². The lowest BCUT2D eigenvalue weighted by Crippen LogP contribution is -2.36. The summed E-state index contributed by atoms with van der Waals surface area (Å²) in [5.74, 6) is 0.308. The van der Waals surface area contributed by atoms with Crippen molar-refractivity contribution in [3.05, 3.63) is 35.4 Å². The zero-order chi connectivity index (χ0) is 12.3. The fraction of sp³-hybridized carbons (Fsp3) is 0.429. The third-order valence-corrected chi connectivity index (χ3v) is 3.33. The minimum atomic E-state index is -0.218. The highest BCUT2D eigenvalue weighted by Gasteiger charge is 2.25. The van der Waals surface area contributed by atoms with E-state index < -0.39 is 0 Å². The summed E-state index contributed by atoms with van der Waals surface area (Å²) in [6.07, 6.45) is 1.15. The number of piperidine rings is 1. The molecule has 0 N–H and O–H groups in total. The lowest BCUT2D eigenvalue weighted by molar-refractivity contribution is -0.121. The second-order valence-corrected chi connectivity index (χ2v) is 4.46. The van der Waals surface area contributed by atoms with E-state index in [9.17, 15) is 10.1 Å². The van der Waals surface area contributed by atoms with Crippen molar-refractivity contribution >= 4 is 5.78 Å². The van der Waals surface area contributed by atoms with Crippen molar-refractivity contribution in [1.29, 1.82) is 5.26 Å². The highest BCUT2D eigenvalue weighted by atomic mass is 16.1. The van der Waals surface area contributed by atoms with Crippen LogP contribution in [0.3, 0.4) is 0 Å². The van der Waals surface area contributed by atoms with E-state index in [-0.39, 0.29) is 6.04 Å². The van der Waals surface area contributed by atoms with E-state index in [2.05, 4.69) is 11.0 Å². The van der Waals surface area contributed by atoms with Gasteiger partial charge in [-0.05, 0) is 18.1 Å². The van der Waals surface area contributed by atoms with E-state index in [1.54, 1.807) is 0 Å². The van der Waals surface area contributed by atoms with Crippen LogP contribution in [-0.4, -0.2) is 23.8 Å². The van der Waals surface area contributed by atoms with Gasteiger partial charge in [-0.2, -0.15) is 5.26 Å². The Morgan fingerprint density at radius 1 is 1.29 bits per heavy atom. The molecule has 0 spiro atoms. The number of aryl methyl sites for hydroxylation is 1. The Hall–Kier alpha value is -1.66. The lowest BCUT2D eigenvalue weighted by atomic mass is 9.98. The van der Waals surface area contributed by atoms with Crippen molar-refractivity contribution in [1.82, 2.24) is 4.90 Å². The molecule has 0 amide bonds. The van der Waals surface area contributed by atoms with Crippen LogP contribution >= 0.6 is 0 Å². The topological polar surface area (TPSA) is 44.1 Å². The van der Waals surface area contributed by atoms with Gasteiger partial charge in [-0.1, -0.05) is 24.3 Å². The van der Waals surface area contributed by atoms with Gasteiger partial charge in [-0.3, -0.25) is 9.69 Å². The predicted octanol–water partition coefficient (Wildman–Crippen LogP) is 2.22. The molecule has 1 saturated heterocycles. The largest absolute Gasteiger partial charge is 0.300 e. The molecule has 88 valence electrons. The highest BCUT2D eigenvalue weighted by molar-refractivity contribution is 5.79. The number of nitriles is 1. The molecule has 1 aliphatic rings. The van der Waals surface area contributed by atoms with E-state index in [0.717, 1.165) is 11.1 Å². The van der Waals surface area contributed by atoms with Gasteiger partial charge >= 0.3 is 0 Å². The van der Waals surface area contributed by atoms with Gasteiger partial charge in [0.15, 0.2) is 0 Å². The Kier molecular flexibility index (Phi) is 3.55. The number of carbonyl (C=O) groups is 1. The molecule has 1 atom stereocenters. The molecule has 1 fully saturated rings. The molecule has 3 heteroatoms. The number of carbonyl (C=O) groups excluding carboxylic acids is 1. The summed E-state index contributed by atoms with van der Waals surface area (Å²) in [4.78, 5) is 13.3. The van der Waals surface area contributed by atoms with Gasteiger partial charge in [0.05, 0.1) is 6.07 Å². The summed E-state index contributed by atoms with van der Waals surface area (Å²) in [5, 5.41) is 9.35. The second kappa shape index (κ2) is 5.11. The van der Waals surface area contributed by atoms with Crippen LogP contribution in [0.2, 0.25) is 0 Å². The molecular weight excluding hydrogens is 212 g/mol. The maximum absolute atomic E-state index is 11.2. The van der Waals surface area contributed by atoms with Gasteiger partial charge in [-0.25, -0.2) is 0 Å². The normalized spacial score (nSPS) is 18.7. The molecule has 0 radical (unpaired) electrons. The molecule has 1 aromatic rings. The first-order valence-electron chi connectivity index (χ1n) is 5.93. The van der Waals surface area contributed by atoms with Crippen molar-refractivity contribution in [2.75, 3.05) is 13.1 Å². The fourth-order valence-electron chi connectivity index (χ4n) is 2.27. The zero-order valence-corrected chi connectivity index (χ0v) is 10.0. The first kappa shape index (κ1) is 11.8. The van der Waals surface area contributed by atoms with Gasteiger partial charge in [0.2, 0.25) is 0 Å². The van der Waals surface area contributed by atoms with Gasteiger partial charge < -0.3 is 0 Å². The monoisotopic (exact) mass is 228 g/mol. The average Bonchev–Trinajstić information content (AvgIpc) is 2.35. The van der Waals surface area contributed by atoms with Crippen LogP contribution in [0.4, 0.5) is 0 Å². The number of ketones is 1. The van der Waals surface area contributed by atoms with Crippen LogP contribution in [0, 0.1) is 18.3 Å². The Labute approximate surface area is 102 Å². The van der Waals surface area contributed by atoms with E-state index in [1.807, 2.05) is 31.2 Å². The van der Waals surface area contributed by atoms with E-state index >= 15 is 0 Å². The molecule has 0 aliphatic carbocycles. The molecule has 3 nitrogen and oxygen atoms in total. The highest BCUT2D eigenvalue weighted by Crippen LogP contribution is 2.25. The Morgan fingerprint density at radius 3 is 2.53 bits per heavy atom. The summed E-state index contributed by atoms with van der Waals surface area (Å²) >= 11 is 0. The first-order chi connectivity index (χ1) is 8.22. The third kappa shape index (κ3) is 2.54. The van der Waals surface area contributed by atoms with Gasteiger partial charge in [-0.15, -0.1) is 0 Å². The summed E-state index contributed by atoms with van der Waals surface area (Å²) in [6, 6.07) is 10.1. The summed E-state index contributed by atoms with van der Waals surface area (Å²) in [7, 11) is 0. The molecule has 1 aliphatic heterocycles. The maximum Gasteiger partial charge on any atom is 0.135 e. The van der Waals surface area contributed by atoms with Crippen molar-refractivity contribution in [2.24, 2.45) is 0 Å². The maximum atomic E-state index is 11.2. The molecule has 0 bridgehead atoms. The van der Waals surface area contributed by atoms with Crippen LogP contribution in [0.15, 0.2) is 24.3 Å². The molecule has 0 saturated carbocycles. The minimum Gasteiger partial charge on any atom is -0.300 e. The lowest BCUT2D eigenvalue weighted by Gasteiger charge is -2.30.